The van der Waals surface area contributed by atoms with Gasteiger partial charge in [0.15, 0.2) is 5.96 Å². The summed E-state index contributed by atoms with van der Waals surface area (Å²) in [7, 11) is 1.72. The van der Waals surface area contributed by atoms with Gasteiger partial charge in [-0.15, -0.1) is 24.0 Å². The second-order valence-electron chi connectivity index (χ2n) is 5.55. The van der Waals surface area contributed by atoms with E-state index in [0.29, 0.717) is 5.96 Å². The van der Waals surface area contributed by atoms with Gasteiger partial charge in [0, 0.05) is 51.2 Å². The number of anilines is 1. The van der Waals surface area contributed by atoms with Gasteiger partial charge in [-0.1, -0.05) is 18.2 Å². The Morgan fingerprint density at radius 2 is 1.84 bits per heavy atom. The maximum atomic E-state index is 12.3. The third kappa shape index (κ3) is 7.31. The molecule has 1 fully saturated rings. The molecule has 1 aromatic rings. The van der Waals surface area contributed by atoms with E-state index in [9.17, 15) is 4.79 Å². The number of thioether (sulfide) groups is 1. The second kappa shape index (κ2) is 12.2. The SMILES string of the molecule is CN=C(NCCSC)NCC(=O)N1CCN(c2ccccc2)CC1.I. The number of hydrogen-bond donors (Lipinski definition) is 2. The highest BCUT2D eigenvalue weighted by atomic mass is 127. The summed E-state index contributed by atoms with van der Waals surface area (Å²) in [5.41, 5.74) is 1.22. The molecule has 0 saturated carbocycles. The molecule has 1 aromatic carbocycles. The van der Waals surface area contributed by atoms with E-state index in [2.05, 4.69) is 38.9 Å². The highest BCUT2D eigenvalue weighted by Gasteiger charge is 2.21. The fourth-order valence-corrected chi connectivity index (χ4v) is 2.92. The number of hydrogen-bond acceptors (Lipinski definition) is 4. The number of guanidine groups is 1. The lowest BCUT2D eigenvalue weighted by Crippen LogP contribution is -2.52. The fraction of sp³-hybridized carbons (Fsp3) is 0.529. The van der Waals surface area contributed by atoms with E-state index in [1.54, 1.807) is 18.8 Å². The molecule has 1 saturated heterocycles. The van der Waals surface area contributed by atoms with Crippen molar-refractivity contribution >= 4 is 53.3 Å². The van der Waals surface area contributed by atoms with Crippen molar-refractivity contribution in [1.29, 1.82) is 0 Å². The Balaban J connectivity index is 0.00000312. The Kier molecular flexibility index (Phi) is 10.7. The van der Waals surface area contributed by atoms with Gasteiger partial charge in [-0.3, -0.25) is 9.79 Å². The van der Waals surface area contributed by atoms with Crippen molar-refractivity contribution in [2.24, 2.45) is 4.99 Å². The molecule has 1 aliphatic heterocycles. The molecule has 25 heavy (non-hydrogen) atoms. The monoisotopic (exact) mass is 477 g/mol. The second-order valence-corrected chi connectivity index (χ2v) is 6.53. The largest absolute Gasteiger partial charge is 0.368 e. The van der Waals surface area contributed by atoms with E-state index in [4.69, 9.17) is 0 Å². The molecule has 1 heterocycles. The van der Waals surface area contributed by atoms with Crippen molar-refractivity contribution in [3.05, 3.63) is 30.3 Å². The van der Waals surface area contributed by atoms with Crippen LogP contribution in [0.15, 0.2) is 35.3 Å². The molecule has 0 spiro atoms. The number of nitrogens with zero attached hydrogens (tertiary/aromatic N) is 3. The van der Waals surface area contributed by atoms with E-state index < -0.39 is 0 Å². The Hall–Kier alpha value is -1.16. The molecule has 6 nitrogen and oxygen atoms in total. The van der Waals surface area contributed by atoms with Gasteiger partial charge in [0.25, 0.3) is 0 Å². The molecule has 140 valence electrons. The first-order chi connectivity index (χ1) is 11.7. The maximum Gasteiger partial charge on any atom is 0.242 e. The molecular weight excluding hydrogens is 449 g/mol. The van der Waals surface area contributed by atoms with Crippen molar-refractivity contribution in [1.82, 2.24) is 15.5 Å². The molecule has 2 N–H and O–H groups in total. The summed E-state index contributed by atoms with van der Waals surface area (Å²) in [6.45, 7) is 4.38. The zero-order valence-corrected chi connectivity index (χ0v) is 18.0. The Labute approximate surface area is 171 Å². The van der Waals surface area contributed by atoms with Crippen molar-refractivity contribution in [3.63, 3.8) is 0 Å². The number of nitrogens with one attached hydrogen (secondary N) is 2. The van der Waals surface area contributed by atoms with Crippen molar-refractivity contribution in [2.75, 3.05) is 63.2 Å². The van der Waals surface area contributed by atoms with Crippen LogP contribution in [0.25, 0.3) is 0 Å². The molecule has 1 amide bonds. The van der Waals surface area contributed by atoms with Crippen LogP contribution in [0.4, 0.5) is 5.69 Å². The molecule has 8 heteroatoms. The number of benzene rings is 1. The Morgan fingerprint density at radius 1 is 1.16 bits per heavy atom. The molecule has 0 unspecified atom stereocenters. The highest BCUT2D eigenvalue weighted by Crippen LogP contribution is 2.15. The Morgan fingerprint density at radius 3 is 2.44 bits per heavy atom. The number of para-hydroxylation sites is 1. The summed E-state index contributed by atoms with van der Waals surface area (Å²) in [4.78, 5) is 20.7. The standard InChI is InChI=1S/C17H27N5OS.HI/c1-18-17(19-8-13-24-2)20-14-16(23)22-11-9-21(10-12-22)15-6-4-3-5-7-15;/h3-7H,8-14H2,1-2H3,(H2,18,19,20);1H. The van der Waals surface area contributed by atoms with Gasteiger partial charge in [0.2, 0.25) is 5.91 Å². The number of carbonyl (C=O) groups excluding carboxylic acids is 1. The zero-order valence-electron chi connectivity index (χ0n) is 14.9. The molecule has 0 aromatic heterocycles. The number of aliphatic imine (C=N–C) groups is 1. The number of amides is 1. The normalized spacial score (nSPS) is 14.7. The van der Waals surface area contributed by atoms with E-state index in [0.717, 1.165) is 38.5 Å². The van der Waals surface area contributed by atoms with Crippen LogP contribution in [-0.2, 0) is 4.79 Å². The number of halogens is 1. The van der Waals surface area contributed by atoms with Crippen LogP contribution in [-0.4, -0.2) is 75.1 Å². The molecule has 0 bridgehead atoms. The van der Waals surface area contributed by atoms with Crippen LogP contribution in [0.3, 0.4) is 0 Å². The molecule has 2 rings (SSSR count). The van der Waals surface area contributed by atoms with E-state index in [-0.39, 0.29) is 36.4 Å². The minimum atomic E-state index is 0. The van der Waals surface area contributed by atoms with Crippen molar-refractivity contribution < 1.29 is 4.79 Å². The smallest absolute Gasteiger partial charge is 0.242 e. The first-order valence-electron chi connectivity index (χ1n) is 8.26. The average molecular weight is 477 g/mol. The van der Waals surface area contributed by atoms with Crippen molar-refractivity contribution in [3.8, 4) is 0 Å². The van der Waals surface area contributed by atoms with E-state index in [1.807, 2.05) is 23.1 Å². The molecule has 0 atom stereocenters. The number of rotatable bonds is 6. The first kappa shape index (κ1) is 21.9. The van der Waals surface area contributed by atoms with Crippen LogP contribution in [0.2, 0.25) is 0 Å². The van der Waals surface area contributed by atoms with Gasteiger partial charge in [-0.25, -0.2) is 0 Å². The quantitative estimate of drug-likeness (QED) is 0.282. The van der Waals surface area contributed by atoms with Gasteiger partial charge in [-0.05, 0) is 18.4 Å². The molecule has 0 radical (unpaired) electrons. The fourth-order valence-electron chi connectivity index (χ4n) is 2.62. The van der Waals surface area contributed by atoms with Crippen molar-refractivity contribution in [2.45, 2.75) is 0 Å². The molecular formula is C17H28IN5OS. The minimum Gasteiger partial charge on any atom is -0.368 e. The minimum absolute atomic E-state index is 0. The van der Waals surface area contributed by atoms with Crippen LogP contribution >= 0.6 is 35.7 Å². The molecule has 0 aliphatic carbocycles. The Bertz CT molecular complexity index is 535. The molecule has 1 aliphatic rings. The summed E-state index contributed by atoms with van der Waals surface area (Å²) in [6, 6.07) is 10.3. The summed E-state index contributed by atoms with van der Waals surface area (Å²) in [5.74, 6) is 1.81. The predicted octanol–water partition coefficient (Wildman–Crippen LogP) is 1.48. The van der Waals surface area contributed by atoms with Crippen LogP contribution in [0, 0.1) is 0 Å². The van der Waals surface area contributed by atoms with Gasteiger partial charge in [0.05, 0.1) is 6.54 Å². The summed E-state index contributed by atoms with van der Waals surface area (Å²) >= 11 is 1.77. The zero-order chi connectivity index (χ0) is 17.2. The predicted molar refractivity (Wildman–Crippen MR) is 118 cm³/mol. The van der Waals surface area contributed by atoms with Crippen LogP contribution in [0.1, 0.15) is 0 Å². The number of piperazine rings is 1. The van der Waals surface area contributed by atoms with Gasteiger partial charge < -0.3 is 20.4 Å². The highest BCUT2D eigenvalue weighted by molar-refractivity contribution is 14.0. The lowest BCUT2D eigenvalue weighted by atomic mass is 10.2. The van der Waals surface area contributed by atoms with Crippen LogP contribution < -0.4 is 15.5 Å². The van der Waals surface area contributed by atoms with E-state index >= 15 is 0 Å². The third-order valence-electron chi connectivity index (χ3n) is 3.98. The van der Waals surface area contributed by atoms with Gasteiger partial charge >= 0.3 is 0 Å². The average Bonchev–Trinajstić information content (AvgIpc) is 2.65. The first-order valence-corrected chi connectivity index (χ1v) is 9.65. The lowest BCUT2D eigenvalue weighted by molar-refractivity contribution is -0.130. The van der Waals surface area contributed by atoms with Crippen LogP contribution in [0.5, 0.6) is 0 Å². The van der Waals surface area contributed by atoms with Gasteiger partial charge in [-0.2, -0.15) is 11.8 Å². The summed E-state index contributed by atoms with van der Waals surface area (Å²) < 4.78 is 0. The summed E-state index contributed by atoms with van der Waals surface area (Å²) in [6.07, 6.45) is 2.07. The number of carbonyl (C=O) groups is 1. The maximum absolute atomic E-state index is 12.3. The lowest BCUT2D eigenvalue weighted by Gasteiger charge is -2.36. The van der Waals surface area contributed by atoms with Gasteiger partial charge in [0.1, 0.15) is 0 Å². The topological polar surface area (TPSA) is 60.0 Å². The third-order valence-corrected chi connectivity index (χ3v) is 4.60. The summed E-state index contributed by atoms with van der Waals surface area (Å²) in [5, 5.41) is 6.29. The van der Waals surface area contributed by atoms with E-state index in [1.165, 1.54) is 5.69 Å².